The number of aryl methyl sites for hydroxylation is 1. The summed E-state index contributed by atoms with van der Waals surface area (Å²) in [6.45, 7) is 3.76. The monoisotopic (exact) mass is 321 g/mol. The molecule has 20 heavy (non-hydrogen) atoms. The molecule has 1 rings (SSSR count). The van der Waals surface area contributed by atoms with Crippen LogP contribution in [0.15, 0.2) is 18.2 Å². The molecule has 0 fully saturated rings. The number of sulfonamides is 1. The number of carbonyl (C=O) groups excluding carboxylic acids is 1. The number of nitrogen functional groups attached to an aromatic ring is 1. The molecule has 0 aliphatic rings. The Bertz CT molecular complexity index is 561. The third kappa shape index (κ3) is 5.77. The number of rotatable bonds is 6. The summed E-state index contributed by atoms with van der Waals surface area (Å²) in [6.07, 6.45) is 0. The van der Waals surface area contributed by atoms with Crippen LogP contribution in [0.2, 0.25) is 0 Å². The number of hydrogen-bond donors (Lipinski definition) is 3. The predicted molar refractivity (Wildman–Crippen MR) is 82.6 cm³/mol. The second-order valence-corrected chi connectivity index (χ2v) is 6.22. The van der Waals surface area contributed by atoms with Crippen LogP contribution < -0.4 is 15.8 Å². The molecule has 0 aliphatic carbocycles. The first kappa shape index (κ1) is 18.7. The highest BCUT2D eigenvalue weighted by Gasteiger charge is 2.09. The molecular formula is C12H20ClN3O3S. The van der Waals surface area contributed by atoms with Crippen molar-refractivity contribution in [1.29, 1.82) is 0 Å². The zero-order valence-electron chi connectivity index (χ0n) is 11.5. The van der Waals surface area contributed by atoms with Crippen molar-refractivity contribution in [2.45, 2.75) is 13.8 Å². The van der Waals surface area contributed by atoms with Gasteiger partial charge in [-0.05, 0) is 31.5 Å². The third-order valence-corrected chi connectivity index (χ3v) is 4.02. The molecule has 0 bridgehead atoms. The van der Waals surface area contributed by atoms with Crippen LogP contribution in [-0.4, -0.2) is 33.2 Å². The Balaban J connectivity index is 0.00000361. The van der Waals surface area contributed by atoms with Crippen LogP contribution in [0.5, 0.6) is 0 Å². The van der Waals surface area contributed by atoms with Gasteiger partial charge < -0.3 is 11.1 Å². The van der Waals surface area contributed by atoms with Gasteiger partial charge in [-0.3, -0.25) is 4.79 Å². The molecule has 4 N–H and O–H groups in total. The minimum atomic E-state index is -3.22. The molecule has 0 unspecified atom stereocenters. The molecule has 1 amide bonds. The van der Waals surface area contributed by atoms with Gasteiger partial charge in [0.25, 0.3) is 5.91 Å². The van der Waals surface area contributed by atoms with Crippen molar-refractivity contribution in [3.05, 3.63) is 29.3 Å². The first-order chi connectivity index (χ1) is 8.85. The van der Waals surface area contributed by atoms with E-state index in [0.717, 1.165) is 5.56 Å². The zero-order chi connectivity index (χ0) is 14.5. The van der Waals surface area contributed by atoms with Crippen molar-refractivity contribution in [3.8, 4) is 0 Å². The van der Waals surface area contributed by atoms with E-state index in [0.29, 0.717) is 11.3 Å². The zero-order valence-corrected chi connectivity index (χ0v) is 13.1. The summed E-state index contributed by atoms with van der Waals surface area (Å²) in [7, 11) is -3.22. The minimum absolute atomic E-state index is 0. The number of carbonyl (C=O) groups is 1. The topological polar surface area (TPSA) is 101 Å². The number of nitrogens with two attached hydrogens (primary N) is 1. The lowest BCUT2D eigenvalue weighted by molar-refractivity contribution is 0.0953. The second kappa shape index (κ2) is 8.08. The Morgan fingerprint density at radius 2 is 1.95 bits per heavy atom. The number of anilines is 1. The highest BCUT2D eigenvalue weighted by molar-refractivity contribution is 7.89. The molecule has 0 heterocycles. The Hall–Kier alpha value is -1.31. The summed E-state index contributed by atoms with van der Waals surface area (Å²) in [5, 5.41) is 2.64. The molecule has 8 heteroatoms. The molecule has 1 aromatic rings. The number of amides is 1. The lowest BCUT2D eigenvalue weighted by atomic mass is 10.1. The van der Waals surface area contributed by atoms with Gasteiger partial charge in [0.1, 0.15) is 0 Å². The maximum atomic E-state index is 11.9. The van der Waals surface area contributed by atoms with Crippen molar-refractivity contribution >= 4 is 34.0 Å². The van der Waals surface area contributed by atoms with Crippen LogP contribution >= 0.6 is 12.4 Å². The van der Waals surface area contributed by atoms with Crippen LogP contribution in [0, 0.1) is 6.92 Å². The Labute approximate surface area is 125 Å². The van der Waals surface area contributed by atoms with Gasteiger partial charge in [0.2, 0.25) is 10.0 Å². The molecule has 0 aromatic heterocycles. The molecular weight excluding hydrogens is 302 g/mol. The quantitative estimate of drug-likeness (QED) is 0.529. The van der Waals surface area contributed by atoms with E-state index < -0.39 is 10.0 Å². The smallest absolute Gasteiger partial charge is 0.251 e. The van der Waals surface area contributed by atoms with Gasteiger partial charge in [0.05, 0.1) is 5.75 Å². The van der Waals surface area contributed by atoms with Crippen LogP contribution in [0.4, 0.5) is 5.69 Å². The standard InChI is InChI=1S/C12H19N3O3S.ClH/c1-3-19(17,18)15-7-6-14-12(16)11-8-10(13)5-4-9(11)2;/h4-5,8,15H,3,6-7,13H2,1-2H3,(H,14,16);1H. The Morgan fingerprint density at radius 3 is 2.55 bits per heavy atom. The normalized spacial score (nSPS) is 10.7. The molecule has 114 valence electrons. The van der Waals surface area contributed by atoms with Crippen molar-refractivity contribution < 1.29 is 13.2 Å². The molecule has 6 nitrogen and oxygen atoms in total. The first-order valence-electron chi connectivity index (χ1n) is 5.97. The third-order valence-electron chi connectivity index (χ3n) is 2.62. The van der Waals surface area contributed by atoms with E-state index in [-0.39, 0.29) is 37.2 Å². The van der Waals surface area contributed by atoms with Gasteiger partial charge in [-0.25, -0.2) is 13.1 Å². The van der Waals surface area contributed by atoms with E-state index >= 15 is 0 Å². The van der Waals surface area contributed by atoms with Gasteiger partial charge in [0, 0.05) is 24.3 Å². The summed E-state index contributed by atoms with van der Waals surface area (Å²) in [4.78, 5) is 11.9. The van der Waals surface area contributed by atoms with E-state index in [9.17, 15) is 13.2 Å². The molecule has 1 aromatic carbocycles. The van der Waals surface area contributed by atoms with Gasteiger partial charge in [-0.2, -0.15) is 0 Å². The largest absolute Gasteiger partial charge is 0.399 e. The van der Waals surface area contributed by atoms with E-state index in [1.54, 1.807) is 25.1 Å². The van der Waals surface area contributed by atoms with Crippen molar-refractivity contribution in [3.63, 3.8) is 0 Å². The maximum absolute atomic E-state index is 11.9. The minimum Gasteiger partial charge on any atom is -0.399 e. The predicted octanol–water partition coefficient (Wildman–Crippen LogP) is 0.668. The van der Waals surface area contributed by atoms with E-state index in [2.05, 4.69) is 10.0 Å². The summed E-state index contributed by atoms with van der Waals surface area (Å²) in [5.74, 6) is -0.240. The fourth-order valence-electron chi connectivity index (χ4n) is 1.46. The van der Waals surface area contributed by atoms with Crippen molar-refractivity contribution in [2.75, 3.05) is 24.6 Å². The molecule has 0 saturated carbocycles. The lowest BCUT2D eigenvalue weighted by Gasteiger charge is -2.09. The highest BCUT2D eigenvalue weighted by atomic mass is 35.5. The second-order valence-electron chi connectivity index (χ2n) is 4.13. The average molecular weight is 322 g/mol. The van der Waals surface area contributed by atoms with Crippen LogP contribution in [0.3, 0.4) is 0 Å². The van der Waals surface area contributed by atoms with Crippen molar-refractivity contribution in [2.24, 2.45) is 0 Å². The van der Waals surface area contributed by atoms with Gasteiger partial charge in [-0.15, -0.1) is 12.4 Å². The van der Waals surface area contributed by atoms with Gasteiger partial charge >= 0.3 is 0 Å². The van der Waals surface area contributed by atoms with Gasteiger partial charge in [0.15, 0.2) is 0 Å². The summed E-state index contributed by atoms with van der Waals surface area (Å²) in [6, 6.07) is 5.09. The average Bonchev–Trinajstić information content (AvgIpc) is 2.37. The van der Waals surface area contributed by atoms with E-state index in [4.69, 9.17) is 5.73 Å². The highest BCUT2D eigenvalue weighted by Crippen LogP contribution is 2.12. The molecule has 0 atom stereocenters. The fourth-order valence-corrected chi connectivity index (χ4v) is 2.08. The first-order valence-corrected chi connectivity index (χ1v) is 7.62. The summed E-state index contributed by atoms with van der Waals surface area (Å²) < 4.78 is 24.7. The Kier molecular flexibility index (Phi) is 7.55. The molecule has 0 saturated heterocycles. The molecule has 0 aliphatic heterocycles. The van der Waals surface area contributed by atoms with Crippen molar-refractivity contribution in [1.82, 2.24) is 10.0 Å². The number of benzene rings is 1. The summed E-state index contributed by atoms with van der Waals surface area (Å²) >= 11 is 0. The van der Waals surface area contributed by atoms with Crippen LogP contribution in [0.25, 0.3) is 0 Å². The van der Waals surface area contributed by atoms with E-state index in [1.165, 1.54) is 0 Å². The number of halogens is 1. The summed E-state index contributed by atoms with van der Waals surface area (Å²) in [5.41, 5.74) is 7.46. The van der Waals surface area contributed by atoms with Gasteiger partial charge in [-0.1, -0.05) is 6.07 Å². The van der Waals surface area contributed by atoms with Crippen LogP contribution in [-0.2, 0) is 10.0 Å². The Morgan fingerprint density at radius 1 is 1.30 bits per heavy atom. The van der Waals surface area contributed by atoms with E-state index in [1.807, 2.05) is 6.92 Å². The number of nitrogens with one attached hydrogen (secondary N) is 2. The molecule has 0 radical (unpaired) electrons. The lowest BCUT2D eigenvalue weighted by Crippen LogP contribution is -2.35. The molecule has 0 spiro atoms. The maximum Gasteiger partial charge on any atom is 0.251 e. The fraction of sp³-hybridized carbons (Fsp3) is 0.417. The number of hydrogen-bond acceptors (Lipinski definition) is 4. The SMILES string of the molecule is CCS(=O)(=O)NCCNC(=O)c1cc(N)ccc1C.Cl. The van der Waals surface area contributed by atoms with Crippen LogP contribution in [0.1, 0.15) is 22.8 Å².